The molecule has 2 rings (SSSR count). The molecule has 1 aliphatic heterocycles. The van der Waals surface area contributed by atoms with Crippen LogP contribution in [0.4, 0.5) is 14.5 Å². The van der Waals surface area contributed by atoms with Crippen LogP contribution in [0.15, 0.2) is 29.2 Å². The Balaban J connectivity index is 1.92. The van der Waals surface area contributed by atoms with Gasteiger partial charge in [0.25, 0.3) is 11.7 Å². The molecule has 1 aliphatic rings. The molecule has 6 heteroatoms. The number of alkyl halides is 2. The van der Waals surface area contributed by atoms with Gasteiger partial charge in [-0.05, 0) is 37.6 Å². The van der Waals surface area contributed by atoms with E-state index in [2.05, 4.69) is 19.2 Å². The predicted molar refractivity (Wildman–Crippen MR) is 90.0 cm³/mol. The van der Waals surface area contributed by atoms with Crippen LogP contribution in [0.5, 0.6) is 0 Å². The van der Waals surface area contributed by atoms with Crippen molar-refractivity contribution in [2.24, 2.45) is 11.8 Å². The Morgan fingerprint density at radius 1 is 1.22 bits per heavy atom. The third-order valence-electron chi connectivity index (χ3n) is 4.38. The maximum Gasteiger partial charge on any atom is 0.288 e. The first kappa shape index (κ1) is 18.2. The number of anilines is 1. The Hall–Kier alpha value is -1.14. The van der Waals surface area contributed by atoms with Crippen molar-refractivity contribution >= 4 is 23.4 Å². The molecule has 1 fully saturated rings. The van der Waals surface area contributed by atoms with E-state index in [1.54, 1.807) is 24.3 Å². The third kappa shape index (κ3) is 5.46. The summed E-state index contributed by atoms with van der Waals surface area (Å²) in [6, 6.07) is 6.44. The first-order valence-electron chi connectivity index (χ1n) is 8.05. The van der Waals surface area contributed by atoms with Crippen molar-refractivity contribution in [3.05, 3.63) is 24.3 Å². The van der Waals surface area contributed by atoms with Gasteiger partial charge >= 0.3 is 0 Å². The zero-order valence-corrected chi connectivity index (χ0v) is 14.6. The molecule has 0 radical (unpaired) electrons. The molecule has 0 spiro atoms. The molecule has 3 nitrogen and oxygen atoms in total. The van der Waals surface area contributed by atoms with Crippen LogP contribution in [0.1, 0.15) is 27.2 Å². The number of rotatable bonds is 5. The van der Waals surface area contributed by atoms with E-state index in [1.165, 1.54) is 11.3 Å². The monoisotopic (exact) mass is 343 g/mol. The van der Waals surface area contributed by atoms with E-state index < -0.39 is 5.76 Å². The number of thioether (sulfide) groups is 1. The van der Waals surface area contributed by atoms with Gasteiger partial charge in [-0.3, -0.25) is 4.79 Å². The lowest BCUT2D eigenvalue weighted by atomic mass is 9.91. The van der Waals surface area contributed by atoms with Crippen LogP contribution in [0.25, 0.3) is 0 Å². The number of carbonyl (C=O) groups is 1. The minimum absolute atomic E-state index is 0.0180. The predicted octanol–water partition coefficient (Wildman–Crippen LogP) is 2.89. The van der Waals surface area contributed by atoms with Crippen LogP contribution < -0.4 is 10.2 Å². The van der Waals surface area contributed by atoms with Crippen molar-refractivity contribution in [1.82, 2.24) is 0 Å². The Kier molecular flexibility index (Phi) is 6.41. The van der Waals surface area contributed by atoms with Crippen LogP contribution in [0.2, 0.25) is 0 Å². The number of benzene rings is 1. The van der Waals surface area contributed by atoms with Gasteiger partial charge in [0.05, 0.1) is 13.1 Å². The summed E-state index contributed by atoms with van der Waals surface area (Å²) < 4.78 is 24.6. The average molecular weight is 343 g/mol. The van der Waals surface area contributed by atoms with Gasteiger partial charge in [-0.2, -0.15) is 8.78 Å². The van der Waals surface area contributed by atoms with Gasteiger partial charge in [-0.1, -0.05) is 25.6 Å². The van der Waals surface area contributed by atoms with Crippen molar-refractivity contribution in [2.45, 2.75) is 43.9 Å². The average Bonchev–Trinajstić information content (AvgIpc) is 2.47. The summed E-state index contributed by atoms with van der Waals surface area (Å²) in [4.78, 5) is 14.2. The smallest absolute Gasteiger partial charge is 0.288 e. The van der Waals surface area contributed by atoms with Gasteiger partial charge in [0.2, 0.25) is 0 Å². The van der Waals surface area contributed by atoms with Crippen molar-refractivity contribution in [1.29, 1.82) is 0 Å². The van der Waals surface area contributed by atoms with E-state index in [-0.39, 0.29) is 11.9 Å². The highest BCUT2D eigenvalue weighted by molar-refractivity contribution is 7.99. The zero-order valence-electron chi connectivity index (χ0n) is 13.8. The van der Waals surface area contributed by atoms with Crippen LogP contribution >= 0.6 is 11.8 Å². The minimum atomic E-state index is -2.43. The fourth-order valence-electron chi connectivity index (χ4n) is 3.34. The summed E-state index contributed by atoms with van der Waals surface area (Å²) >= 11 is 0.505. The van der Waals surface area contributed by atoms with E-state index in [9.17, 15) is 13.6 Å². The summed E-state index contributed by atoms with van der Waals surface area (Å²) in [7, 11) is 0. The molecule has 1 aromatic rings. The first-order chi connectivity index (χ1) is 10.8. The molecule has 0 saturated carbocycles. The van der Waals surface area contributed by atoms with Crippen LogP contribution in [-0.2, 0) is 4.79 Å². The number of piperidine rings is 1. The number of hydrogen-bond donors (Lipinski definition) is 2. The highest BCUT2D eigenvalue weighted by Crippen LogP contribution is 2.26. The second-order valence-corrected chi connectivity index (χ2v) is 7.69. The second kappa shape index (κ2) is 8.11. The molecular formula is C17H25F2N2OS+. The summed E-state index contributed by atoms with van der Waals surface area (Å²) in [6.45, 7) is 8.46. The van der Waals surface area contributed by atoms with Crippen molar-refractivity contribution in [2.75, 3.05) is 18.4 Å². The molecule has 1 aromatic carbocycles. The lowest BCUT2D eigenvalue weighted by Gasteiger charge is -2.35. The van der Waals surface area contributed by atoms with Crippen molar-refractivity contribution < 1.29 is 18.5 Å². The normalized spacial score (nSPS) is 26.1. The van der Waals surface area contributed by atoms with Crippen LogP contribution in [-0.4, -0.2) is 30.8 Å². The summed E-state index contributed by atoms with van der Waals surface area (Å²) in [6.07, 6.45) is 1.22. The Labute approximate surface area is 140 Å². The lowest BCUT2D eigenvalue weighted by molar-refractivity contribution is -0.925. The van der Waals surface area contributed by atoms with Gasteiger partial charge in [-0.25, -0.2) is 0 Å². The highest BCUT2D eigenvalue weighted by Gasteiger charge is 2.32. The van der Waals surface area contributed by atoms with Crippen LogP contribution in [0.3, 0.4) is 0 Å². The number of hydrogen-bond acceptors (Lipinski definition) is 2. The molecule has 1 unspecified atom stereocenters. The van der Waals surface area contributed by atoms with E-state index in [0.29, 0.717) is 34.2 Å². The van der Waals surface area contributed by atoms with E-state index in [0.717, 1.165) is 13.1 Å². The molecule has 0 aliphatic carbocycles. The number of halogens is 2. The third-order valence-corrected chi connectivity index (χ3v) is 5.10. The molecule has 1 saturated heterocycles. The van der Waals surface area contributed by atoms with Crippen molar-refractivity contribution in [3.63, 3.8) is 0 Å². The SMILES string of the molecule is C[C@@H]1C[C@H](C)C[NH+]([C@@H](C)C(=O)Nc2ccc(SC(F)F)cc2)C1. The summed E-state index contributed by atoms with van der Waals surface area (Å²) in [5.41, 5.74) is 0.651. The number of nitrogens with one attached hydrogen (secondary N) is 2. The maximum absolute atomic E-state index is 12.4. The van der Waals surface area contributed by atoms with Gasteiger partial charge < -0.3 is 10.2 Å². The number of quaternary nitrogens is 1. The van der Waals surface area contributed by atoms with E-state index in [4.69, 9.17) is 0 Å². The van der Waals surface area contributed by atoms with Gasteiger partial charge in [0.1, 0.15) is 0 Å². The maximum atomic E-state index is 12.4. The van der Waals surface area contributed by atoms with E-state index >= 15 is 0 Å². The number of amides is 1. The number of carbonyl (C=O) groups excluding carboxylic acids is 1. The molecule has 23 heavy (non-hydrogen) atoms. The molecule has 128 valence electrons. The Morgan fingerprint density at radius 2 is 1.78 bits per heavy atom. The summed E-state index contributed by atoms with van der Waals surface area (Å²) in [5, 5.41) is 2.89. The molecule has 0 aromatic heterocycles. The first-order valence-corrected chi connectivity index (χ1v) is 8.93. The molecule has 4 atom stereocenters. The molecule has 2 N–H and O–H groups in total. The lowest BCUT2D eigenvalue weighted by Crippen LogP contribution is -3.18. The van der Waals surface area contributed by atoms with Gasteiger partial charge in [-0.15, -0.1) is 0 Å². The fraction of sp³-hybridized carbons (Fsp3) is 0.588. The van der Waals surface area contributed by atoms with E-state index in [1.807, 2.05) is 6.92 Å². The molecule has 0 bridgehead atoms. The van der Waals surface area contributed by atoms with Crippen LogP contribution in [0, 0.1) is 11.8 Å². The highest BCUT2D eigenvalue weighted by atomic mass is 32.2. The summed E-state index contributed by atoms with van der Waals surface area (Å²) in [5.74, 6) is -1.18. The van der Waals surface area contributed by atoms with Gasteiger partial charge in [0.15, 0.2) is 6.04 Å². The number of likely N-dealkylation sites (tertiary alicyclic amines) is 1. The second-order valence-electron chi connectivity index (χ2n) is 6.63. The minimum Gasteiger partial charge on any atom is -0.324 e. The van der Waals surface area contributed by atoms with Gasteiger partial charge in [0, 0.05) is 22.4 Å². The standard InChI is InChI=1S/C17H24F2N2OS/c1-11-8-12(2)10-21(9-11)13(3)16(22)20-14-4-6-15(7-5-14)23-17(18)19/h4-7,11-13,17H,8-10H2,1-3H3,(H,20,22)/p+1/t11-,12+,13-/m0/s1. The molecule has 1 heterocycles. The fourth-order valence-corrected chi connectivity index (χ4v) is 3.84. The van der Waals surface area contributed by atoms with Crippen molar-refractivity contribution in [3.8, 4) is 0 Å². The Bertz CT molecular complexity index is 514. The Morgan fingerprint density at radius 3 is 2.30 bits per heavy atom. The molecule has 1 amide bonds. The zero-order chi connectivity index (χ0) is 17.0. The topological polar surface area (TPSA) is 33.5 Å². The quantitative estimate of drug-likeness (QED) is 0.806. The molecular weight excluding hydrogens is 318 g/mol. The largest absolute Gasteiger partial charge is 0.324 e.